The van der Waals surface area contributed by atoms with Crippen LogP contribution in [0.2, 0.25) is 0 Å². The van der Waals surface area contributed by atoms with Crippen molar-refractivity contribution in [2.45, 2.75) is 17.5 Å². The number of carbonyl (C=O) groups excluding carboxylic acids is 1. The van der Waals surface area contributed by atoms with Crippen LogP contribution in [0.3, 0.4) is 0 Å². The van der Waals surface area contributed by atoms with Crippen molar-refractivity contribution in [3.63, 3.8) is 0 Å². The average Bonchev–Trinajstić information content (AvgIpc) is 3.24. The number of hydrogen-bond acceptors (Lipinski definition) is 8. The summed E-state index contributed by atoms with van der Waals surface area (Å²) in [5, 5.41) is 12.2. The molecule has 0 fully saturated rings. The molecule has 0 atom stereocenters. The van der Waals surface area contributed by atoms with Crippen molar-refractivity contribution in [1.29, 1.82) is 0 Å². The fourth-order valence-electron chi connectivity index (χ4n) is 1.64. The molecule has 3 aromatic heterocycles. The second-order valence-electron chi connectivity index (χ2n) is 4.21. The van der Waals surface area contributed by atoms with Gasteiger partial charge >= 0.3 is 0 Å². The van der Waals surface area contributed by atoms with Crippen LogP contribution in [0.25, 0.3) is 0 Å². The van der Waals surface area contributed by atoms with E-state index in [2.05, 4.69) is 25.5 Å². The number of aromatic nitrogens is 4. The van der Waals surface area contributed by atoms with Crippen LogP contribution in [0.5, 0.6) is 0 Å². The summed E-state index contributed by atoms with van der Waals surface area (Å²) in [4.78, 5) is 20.0. The van der Waals surface area contributed by atoms with E-state index in [1.807, 2.05) is 0 Å². The third-order valence-electron chi connectivity index (χ3n) is 2.63. The van der Waals surface area contributed by atoms with Crippen LogP contribution in [0, 0.1) is 0 Å². The maximum atomic E-state index is 12.0. The number of anilines is 1. The third kappa shape index (κ3) is 3.65. The Morgan fingerprint density at radius 3 is 3.14 bits per heavy atom. The summed E-state index contributed by atoms with van der Waals surface area (Å²) >= 11 is 2.78. The highest BCUT2D eigenvalue weighted by atomic mass is 32.2. The van der Waals surface area contributed by atoms with Gasteiger partial charge in [0.15, 0.2) is 16.0 Å². The van der Waals surface area contributed by atoms with Gasteiger partial charge in [0.25, 0.3) is 5.91 Å². The van der Waals surface area contributed by atoms with Crippen molar-refractivity contribution in [1.82, 2.24) is 25.5 Å². The number of nitrogens with two attached hydrogens (primary N) is 1. The monoisotopic (exact) mass is 336 g/mol. The minimum Gasteiger partial charge on any atom is -0.455 e. The van der Waals surface area contributed by atoms with Crippen LogP contribution in [-0.2, 0) is 12.3 Å². The molecule has 0 aliphatic carbocycles. The fraction of sp³-hybridized carbons (Fsp3) is 0.167. The number of nitrogens with zero attached hydrogens (tertiary/aromatic N) is 3. The number of rotatable bonds is 6. The van der Waals surface area contributed by atoms with Gasteiger partial charge < -0.3 is 15.5 Å². The summed E-state index contributed by atoms with van der Waals surface area (Å²) < 4.78 is 5.50. The normalized spacial score (nSPS) is 10.7. The summed E-state index contributed by atoms with van der Waals surface area (Å²) in [6.45, 7) is 0.315. The first-order chi connectivity index (χ1) is 10.7. The maximum absolute atomic E-state index is 12.0. The van der Waals surface area contributed by atoms with Gasteiger partial charge in [-0.2, -0.15) is 5.10 Å². The van der Waals surface area contributed by atoms with Crippen molar-refractivity contribution in [3.8, 4) is 0 Å². The van der Waals surface area contributed by atoms with Gasteiger partial charge in [-0.3, -0.25) is 9.89 Å². The van der Waals surface area contributed by atoms with Crippen LogP contribution in [-0.4, -0.2) is 26.1 Å². The standard InChI is InChI=1S/C12H12N6O2S2/c13-11-17-7(4-21-11)3-14-10(19)9-2-1-8(20-9)5-22-12-15-6-16-18-12/h1-2,4,6H,3,5H2,(H2,13,17)(H,14,19)(H,15,16,18). The Labute approximate surface area is 133 Å². The minimum atomic E-state index is -0.289. The molecule has 0 spiro atoms. The zero-order valence-electron chi connectivity index (χ0n) is 11.3. The van der Waals surface area contributed by atoms with Gasteiger partial charge in [-0.15, -0.1) is 11.3 Å². The first-order valence-electron chi connectivity index (χ1n) is 6.25. The van der Waals surface area contributed by atoms with Crippen molar-refractivity contribution in [3.05, 3.63) is 41.1 Å². The molecule has 22 heavy (non-hydrogen) atoms. The third-order valence-corrected chi connectivity index (χ3v) is 4.25. The predicted molar refractivity (Wildman–Crippen MR) is 82.3 cm³/mol. The molecule has 3 aromatic rings. The molecular weight excluding hydrogens is 324 g/mol. The van der Waals surface area contributed by atoms with E-state index in [0.29, 0.717) is 28.3 Å². The Hall–Kier alpha value is -2.33. The summed E-state index contributed by atoms with van der Waals surface area (Å²) in [6, 6.07) is 3.40. The summed E-state index contributed by atoms with van der Waals surface area (Å²) in [5.41, 5.74) is 6.26. The van der Waals surface area contributed by atoms with Crippen molar-refractivity contribution in [2.24, 2.45) is 0 Å². The molecule has 1 amide bonds. The quantitative estimate of drug-likeness (QED) is 0.585. The zero-order chi connectivity index (χ0) is 15.4. The molecular formula is C12H12N6O2S2. The number of nitrogens with one attached hydrogen (secondary N) is 2. The number of hydrogen-bond donors (Lipinski definition) is 3. The largest absolute Gasteiger partial charge is 0.455 e. The van der Waals surface area contributed by atoms with Gasteiger partial charge in [0.2, 0.25) is 0 Å². The molecule has 0 radical (unpaired) electrons. The molecule has 3 rings (SSSR count). The number of aromatic amines is 1. The Morgan fingerprint density at radius 1 is 1.50 bits per heavy atom. The van der Waals surface area contributed by atoms with Crippen molar-refractivity contribution in [2.75, 3.05) is 5.73 Å². The lowest BCUT2D eigenvalue weighted by molar-refractivity contribution is 0.0921. The zero-order valence-corrected chi connectivity index (χ0v) is 12.9. The van der Waals surface area contributed by atoms with E-state index < -0.39 is 0 Å². The fourth-order valence-corrected chi connectivity index (χ4v) is 2.88. The van der Waals surface area contributed by atoms with Crippen LogP contribution < -0.4 is 11.1 Å². The number of furan rings is 1. The summed E-state index contributed by atoms with van der Waals surface area (Å²) in [7, 11) is 0. The van der Waals surface area contributed by atoms with Gasteiger partial charge in [-0.05, 0) is 12.1 Å². The Kier molecular flexibility index (Phi) is 4.39. The van der Waals surface area contributed by atoms with Crippen LogP contribution in [0.4, 0.5) is 5.13 Å². The molecule has 8 nitrogen and oxygen atoms in total. The number of nitrogen functional groups attached to an aromatic ring is 1. The summed E-state index contributed by atoms with van der Waals surface area (Å²) in [6.07, 6.45) is 1.44. The molecule has 0 saturated carbocycles. The number of amides is 1. The molecule has 3 heterocycles. The van der Waals surface area contributed by atoms with E-state index in [4.69, 9.17) is 10.2 Å². The lowest BCUT2D eigenvalue weighted by atomic mass is 10.4. The first kappa shape index (κ1) is 14.6. The highest BCUT2D eigenvalue weighted by molar-refractivity contribution is 7.98. The number of thioether (sulfide) groups is 1. The van der Waals surface area contributed by atoms with Crippen LogP contribution in [0.15, 0.2) is 33.4 Å². The van der Waals surface area contributed by atoms with E-state index in [-0.39, 0.29) is 11.7 Å². The minimum absolute atomic E-state index is 0.261. The second kappa shape index (κ2) is 6.62. The number of carbonyl (C=O) groups is 1. The molecule has 114 valence electrons. The molecule has 0 aromatic carbocycles. The van der Waals surface area contributed by atoms with Gasteiger partial charge in [-0.25, -0.2) is 9.97 Å². The Morgan fingerprint density at radius 2 is 2.41 bits per heavy atom. The smallest absolute Gasteiger partial charge is 0.287 e. The van der Waals surface area contributed by atoms with E-state index in [9.17, 15) is 4.79 Å². The Bertz CT molecular complexity index is 751. The SMILES string of the molecule is Nc1nc(CNC(=O)c2ccc(CSc3ncn[nH]3)o2)cs1. The Balaban J connectivity index is 1.52. The van der Waals surface area contributed by atoms with Gasteiger partial charge in [0.1, 0.15) is 12.1 Å². The van der Waals surface area contributed by atoms with Gasteiger partial charge in [0.05, 0.1) is 18.0 Å². The molecule has 0 bridgehead atoms. The van der Waals surface area contributed by atoms with Crippen LogP contribution in [0.1, 0.15) is 22.0 Å². The molecule has 0 unspecified atom stereocenters. The maximum Gasteiger partial charge on any atom is 0.287 e. The summed E-state index contributed by atoms with van der Waals surface area (Å²) in [5.74, 6) is 1.22. The molecule has 10 heteroatoms. The topological polar surface area (TPSA) is 123 Å². The molecule has 0 aliphatic rings. The highest BCUT2D eigenvalue weighted by Gasteiger charge is 2.12. The lowest BCUT2D eigenvalue weighted by Crippen LogP contribution is -2.22. The first-order valence-corrected chi connectivity index (χ1v) is 8.12. The van der Waals surface area contributed by atoms with E-state index >= 15 is 0 Å². The van der Waals surface area contributed by atoms with Crippen molar-refractivity contribution < 1.29 is 9.21 Å². The lowest BCUT2D eigenvalue weighted by Gasteiger charge is -2.00. The molecule has 0 aliphatic heterocycles. The van der Waals surface area contributed by atoms with E-state index in [0.717, 1.165) is 5.69 Å². The van der Waals surface area contributed by atoms with Crippen LogP contribution >= 0.6 is 23.1 Å². The highest BCUT2D eigenvalue weighted by Crippen LogP contribution is 2.20. The molecule has 4 N–H and O–H groups in total. The average molecular weight is 336 g/mol. The predicted octanol–water partition coefficient (Wildman–Crippen LogP) is 1.66. The second-order valence-corrected chi connectivity index (χ2v) is 6.06. The molecule has 0 saturated heterocycles. The van der Waals surface area contributed by atoms with Crippen molar-refractivity contribution >= 4 is 34.1 Å². The number of H-pyrrole nitrogens is 1. The van der Waals surface area contributed by atoms with E-state index in [1.54, 1.807) is 17.5 Å². The van der Waals surface area contributed by atoms with Gasteiger partial charge in [-0.1, -0.05) is 11.8 Å². The van der Waals surface area contributed by atoms with Gasteiger partial charge in [0, 0.05) is 5.38 Å². The number of thiazole rings is 1. The van der Waals surface area contributed by atoms with E-state index in [1.165, 1.54) is 29.4 Å².